The molecule has 74 valence electrons. The van der Waals surface area contributed by atoms with Crippen LogP contribution in [0, 0.1) is 22.7 Å². The number of ketones is 1. The first-order chi connectivity index (χ1) is 5.93. The van der Waals surface area contributed by atoms with Crippen LogP contribution in [-0.4, -0.2) is 5.78 Å². The first kappa shape index (κ1) is 9.23. The van der Waals surface area contributed by atoms with Crippen molar-refractivity contribution in [1.82, 2.24) is 0 Å². The van der Waals surface area contributed by atoms with Gasteiger partial charge in [0.2, 0.25) is 0 Å². The summed E-state index contributed by atoms with van der Waals surface area (Å²) in [5.74, 6) is 1.73. The van der Waals surface area contributed by atoms with Crippen LogP contribution < -0.4 is 0 Å². The third-order valence-electron chi connectivity index (χ3n) is 4.97. The van der Waals surface area contributed by atoms with E-state index in [-0.39, 0.29) is 10.8 Å². The molecule has 0 spiro atoms. The molecule has 0 radical (unpaired) electrons. The molecule has 0 aromatic rings. The van der Waals surface area contributed by atoms with E-state index in [0.29, 0.717) is 17.6 Å². The molecule has 0 saturated heterocycles. The standard InChI is InChI=1S/C12H20O/c1-8(2)12-6-5-9(7-10(12)13)11(12,3)4/h8-9H,5-7H2,1-4H3/t9?,12-/m1/s1. The zero-order valence-corrected chi connectivity index (χ0v) is 9.18. The smallest absolute Gasteiger partial charge is 0.140 e. The van der Waals surface area contributed by atoms with Crippen LogP contribution in [0.3, 0.4) is 0 Å². The Balaban J connectivity index is 2.49. The van der Waals surface area contributed by atoms with E-state index in [1.165, 1.54) is 6.42 Å². The lowest BCUT2D eigenvalue weighted by molar-refractivity contribution is -0.132. The summed E-state index contributed by atoms with van der Waals surface area (Å²) in [6.45, 7) is 9.03. The predicted octanol–water partition coefficient (Wildman–Crippen LogP) is 3.04. The molecule has 2 atom stereocenters. The Labute approximate surface area is 80.9 Å². The van der Waals surface area contributed by atoms with Crippen LogP contribution in [-0.2, 0) is 4.79 Å². The molecule has 0 amide bonds. The van der Waals surface area contributed by atoms with E-state index in [1.54, 1.807) is 0 Å². The highest BCUT2D eigenvalue weighted by Gasteiger charge is 2.64. The van der Waals surface area contributed by atoms with Gasteiger partial charge in [0.25, 0.3) is 0 Å². The van der Waals surface area contributed by atoms with Crippen molar-refractivity contribution in [2.24, 2.45) is 22.7 Å². The molecule has 1 heteroatoms. The normalized spacial score (nSPS) is 41.9. The van der Waals surface area contributed by atoms with E-state index in [1.807, 2.05) is 0 Å². The third kappa shape index (κ3) is 0.812. The lowest BCUT2D eigenvalue weighted by Crippen LogP contribution is -2.40. The van der Waals surface area contributed by atoms with Gasteiger partial charge >= 0.3 is 0 Å². The lowest BCUT2D eigenvalue weighted by atomic mass is 9.62. The predicted molar refractivity (Wildman–Crippen MR) is 53.4 cm³/mol. The van der Waals surface area contributed by atoms with E-state index >= 15 is 0 Å². The highest BCUT2D eigenvalue weighted by Crippen LogP contribution is 2.66. The molecule has 0 heterocycles. The van der Waals surface area contributed by atoms with Gasteiger partial charge < -0.3 is 0 Å². The van der Waals surface area contributed by atoms with Crippen molar-refractivity contribution in [3.8, 4) is 0 Å². The van der Waals surface area contributed by atoms with Crippen molar-refractivity contribution in [2.75, 3.05) is 0 Å². The lowest BCUT2D eigenvalue weighted by Gasteiger charge is -2.40. The molecule has 13 heavy (non-hydrogen) atoms. The number of hydrogen-bond acceptors (Lipinski definition) is 1. The van der Waals surface area contributed by atoms with Crippen LogP contribution in [0.5, 0.6) is 0 Å². The molecule has 2 fully saturated rings. The molecular formula is C12H20O. The zero-order chi connectivity index (χ0) is 9.85. The quantitative estimate of drug-likeness (QED) is 0.606. The summed E-state index contributed by atoms with van der Waals surface area (Å²) < 4.78 is 0. The Morgan fingerprint density at radius 2 is 2.00 bits per heavy atom. The average Bonchev–Trinajstić information content (AvgIpc) is 2.35. The molecule has 2 aliphatic carbocycles. The molecule has 1 unspecified atom stereocenters. The minimum Gasteiger partial charge on any atom is -0.299 e. The summed E-state index contributed by atoms with van der Waals surface area (Å²) >= 11 is 0. The molecule has 2 aliphatic rings. The Bertz CT molecular complexity index is 252. The SMILES string of the molecule is CC(C)[C@]12CCC(CC1=O)C2(C)C. The topological polar surface area (TPSA) is 17.1 Å². The minimum absolute atomic E-state index is 0.0255. The van der Waals surface area contributed by atoms with Crippen LogP contribution in [0.2, 0.25) is 0 Å². The zero-order valence-electron chi connectivity index (χ0n) is 9.18. The monoisotopic (exact) mass is 180 g/mol. The fourth-order valence-electron chi connectivity index (χ4n) is 4.07. The number of rotatable bonds is 1. The molecule has 0 aliphatic heterocycles. The molecule has 0 N–H and O–H groups in total. The Hall–Kier alpha value is -0.330. The maximum absolute atomic E-state index is 12.0. The van der Waals surface area contributed by atoms with Crippen LogP contribution in [0.25, 0.3) is 0 Å². The fourth-order valence-corrected chi connectivity index (χ4v) is 4.07. The first-order valence-corrected chi connectivity index (χ1v) is 5.46. The number of fused-ring (bicyclic) bond motifs is 2. The second-order valence-corrected chi connectivity index (χ2v) is 5.71. The maximum atomic E-state index is 12.0. The van der Waals surface area contributed by atoms with Crippen molar-refractivity contribution < 1.29 is 4.79 Å². The van der Waals surface area contributed by atoms with Gasteiger partial charge in [0.15, 0.2) is 0 Å². The van der Waals surface area contributed by atoms with Gasteiger partial charge in [-0.05, 0) is 30.1 Å². The molecule has 0 aromatic heterocycles. The van der Waals surface area contributed by atoms with E-state index in [9.17, 15) is 4.79 Å². The molecule has 2 bridgehead atoms. The second-order valence-electron chi connectivity index (χ2n) is 5.71. The Kier molecular flexibility index (Phi) is 1.68. The molecule has 2 rings (SSSR count). The molecular weight excluding hydrogens is 160 g/mol. The summed E-state index contributed by atoms with van der Waals surface area (Å²) in [7, 11) is 0. The van der Waals surface area contributed by atoms with Crippen molar-refractivity contribution in [1.29, 1.82) is 0 Å². The fraction of sp³-hybridized carbons (Fsp3) is 0.917. The van der Waals surface area contributed by atoms with E-state index in [4.69, 9.17) is 0 Å². The van der Waals surface area contributed by atoms with E-state index in [0.717, 1.165) is 12.8 Å². The van der Waals surface area contributed by atoms with Crippen molar-refractivity contribution in [3.63, 3.8) is 0 Å². The minimum atomic E-state index is 0.0255. The first-order valence-electron chi connectivity index (χ1n) is 5.46. The third-order valence-corrected chi connectivity index (χ3v) is 4.97. The van der Waals surface area contributed by atoms with Gasteiger partial charge in [-0.3, -0.25) is 4.79 Å². The van der Waals surface area contributed by atoms with Gasteiger partial charge in [-0.25, -0.2) is 0 Å². The maximum Gasteiger partial charge on any atom is 0.140 e. The van der Waals surface area contributed by atoms with Gasteiger partial charge in [0.1, 0.15) is 5.78 Å². The van der Waals surface area contributed by atoms with E-state index in [2.05, 4.69) is 27.7 Å². The van der Waals surface area contributed by atoms with Gasteiger partial charge in [0.05, 0.1) is 0 Å². The van der Waals surface area contributed by atoms with Gasteiger partial charge in [0, 0.05) is 11.8 Å². The van der Waals surface area contributed by atoms with Gasteiger partial charge in [-0.2, -0.15) is 0 Å². The number of carbonyl (C=O) groups is 1. The summed E-state index contributed by atoms with van der Waals surface area (Å²) in [5.41, 5.74) is 0.288. The summed E-state index contributed by atoms with van der Waals surface area (Å²) in [6.07, 6.45) is 3.27. The van der Waals surface area contributed by atoms with Crippen LogP contribution in [0.4, 0.5) is 0 Å². The van der Waals surface area contributed by atoms with Gasteiger partial charge in [-0.1, -0.05) is 27.7 Å². The molecule has 0 aromatic carbocycles. The highest BCUT2D eigenvalue weighted by molar-refractivity contribution is 5.89. The largest absolute Gasteiger partial charge is 0.299 e. The Morgan fingerprint density at radius 3 is 2.23 bits per heavy atom. The number of Topliss-reactive ketones (excluding diaryl/α,β-unsaturated/α-hetero) is 1. The average molecular weight is 180 g/mol. The van der Waals surface area contributed by atoms with Crippen molar-refractivity contribution in [2.45, 2.75) is 47.0 Å². The van der Waals surface area contributed by atoms with Crippen LogP contribution in [0.15, 0.2) is 0 Å². The summed E-state index contributed by atoms with van der Waals surface area (Å²) in [5, 5.41) is 0. The number of hydrogen-bond donors (Lipinski definition) is 0. The highest BCUT2D eigenvalue weighted by atomic mass is 16.1. The van der Waals surface area contributed by atoms with Gasteiger partial charge in [-0.15, -0.1) is 0 Å². The van der Waals surface area contributed by atoms with Crippen molar-refractivity contribution in [3.05, 3.63) is 0 Å². The molecule has 2 saturated carbocycles. The Morgan fingerprint density at radius 1 is 1.38 bits per heavy atom. The van der Waals surface area contributed by atoms with Crippen molar-refractivity contribution >= 4 is 5.78 Å². The van der Waals surface area contributed by atoms with E-state index < -0.39 is 0 Å². The second kappa shape index (κ2) is 2.37. The van der Waals surface area contributed by atoms with Crippen LogP contribution in [0.1, 0.15) is 47.0 Å². The summed E-state index contributed by atoms with van der Waals surface area (Å²) in [4.78, 5) is 12.0. The van der Waals surface area contributed by atoms with Crippen LogP contribution >= 0.6 is 0 Å². The number of carbonyl (C=O) groups excluding carboxylic acids is 1. The summed E-state index contributed by atoms with van der Waals surface area (Å²) in [6, 6.07) is 0. The molecule has 1 nitrogen and oxygen atoms in total.